The van der Waals surface area contributed by atoms with E-state index >= 15 is 0 Å². The molecular formula is C18H17ClN4O. The van der Waals surface area contributed by atoms with E-state index < -0.39 is 0 Å². The third kappa shape index (κ3) is 3.66. The van der Waals surface area contributed by atoms with Crippen LogP contribution in [0, 0.1) is 11.3 Å². The van der Waals surface area contributed by atoms with Crippen molar-refractivity contribution in [1.82, 2.24) is 10.3 Å². The van der Waals surface area contributed by atoms with E-state index in [2.05, 4.69) is 10.3 Å². The molecule has 1 N–H and O–H groups in total. The average Bonchev–Trinajstić information content (AvgIpc) is 3.34. The van der Waals surface area contributed by atoms with E-state index in [1.54, 1.807) is 24.1 Å². The van der Waals surface area contributed by atoms with Gasteiger partial charge >= 0.3 is 0 Å². The minimum atomic E-state index is -0.0526. The molecule has 6 heteroatoms. The molecule has 2 aromatic rings. The molecule has 3 rings (SSSR count). The van der Waals surface area contributed by atoms with Crippen LogP contribution in [0.4, 0.5) is 5.82 Å². The number of carbonyl (C=O) groups excluding carboxylic acids is 1. The maximum absolute atomic E-state index is 12.2. The van der Waals surface area contributed by atoms with Crippen LogP contribution in [-0.4, -0.2) is 30.5 Å². The van der Waals surface area contributed by atoms with Crippen LogP contribution in [0.25, 0.3) is 0 Å². The van der Waals surface area contributed by atoms with Crippen LogP contribution in [0.3, 0.4) is 0 Å². The summed E-state index contributed by atoms with van der Waals surface area (Å²) >= 11 is 6.20. The zero-order chi connectivity index (χ0) is 17.1. The molecule has 0 spiro atoms. The van der Waals surface area contributed by atoms with Gasteiger partial charge < -0.3 is 10.2 Å². The van der Waals surface area contributed by atoms with Crippen molar-refractivity contribution in [3.8, 4) is 6.07 Å². The Morgan fingerprint density at radius 2 is 2.21 bits per heavy atom. The fourth-order valence-electron chi connectivity index (χ4n) is 2.70. The lowest BCUT2D eigenvalue weighted by atomic mass is 10.1. The second kappa shape index (κ2) is 6.90. The quantitative estimate of drug-likeness (QED) is 0.908. The van der Waals surface area contributed by atoms with Crippen LogP contribution in [-0.2, 0) is 4.79 Å². The highest BCUT2D eigenvalue weighted by Crippen LogP contribution is 2.43. The largest absolute Gasteiger partial charge is 0.351 e. The average molecular weight is 341 g/mol. The van der Waals surface area contributed by atoms with Gasteiger partial charge in [0.25, 0.3) is 0 Å². The van der Waals surface area contributed by atoms with Crippen molar-refractivity contribution in [1.29, 1.82) is 5.26 Å². The Hall–Kier alpha value is -2.58. The standard InChI is InChI=1S/C18H17ClN4O/c1-23(17-7-6-12(9-20)10-21-17)11-18(24)22-16-8-14(16)13-4-2-3-5-15(13)19/h2-7,10,14,16H,8,11H2,1H3,(H,22,24)/t14-,16+/m1/s1. The van der Waals surface area contributed by atoms with E-state index in [1.165, 1.54) is 6.20 Å². The first-order valence-corrected chi connectivity index (χ1v) is 8.07. The van der Waals surface area contributed by atoms with Gasteiger partial charge in [-0.3, -0.25) is 4.79 Å². The zero-order valence-electron chi connectivity index (χ0n) is 13.2. The first kappa shape index (κ1) is 16.3. The van der Waals surface area contributed by atoms with Crippen molar-refractivity contribution >= 4 is 23.3 Å². The monoisotopic (exact) mass is 340 g/mol. The highest BCUT2D eigenvalue weighted by atomic mass is 35.5. The molecule has 2 atom stereocenters. The van der Waals surface area contributed by atoms with Gasteiger partial charge in [-0.15, -0.1) is 0 Å². The summed E-state index contributed by atoms with van der Waals surface area (Å²) in [6.07, 6.45) is 2.41. The summed E-state index contributed by atoms with van der Waals surface area (Å²) in [6.45, 7) is 0.213. The number of halogens is 1. The molecule has 24 heavy (non-hydrogen) atoms. The van der Waals surface area contributed by atoms with Crippen LogP contribution < -0.4 is 10.2 Å². The van der Waals surface area contributed by atoms with Gasteiger partial charge in [0.2, 0.25) is 5.91 Å². The van der Waals surface area contributed by atoms with Gasteiger partial charge in [-0.2, -0.15) is 5.26 Å². The first-order chi connectivity index (χ1) is 11.6. The molecule has 1 aromatic heterocycles. The fraction of sp³-hybridized carbons (Fsp3) is 0.278. The predicted octanol–water partition coefficient (Wildman–Crippen LogP) is 2.72. The van der Waals surface area contributed by atoms with Gasteiger partial charge in [0.1, 0.15) is 11.9 Å². The summed E-state index contributed by atoms with van der Waals surface area (Å²) in [5, 5.41) is 12.6. The molecule has 1 amide bonds. The van der Waals surface area contributed by atoms with E-state index in [1.807, 2.05) is 30.3 Å². The van der Waals surface area contributed by atoms with Crippen molar-refractivity contribution in [3.05, 3.63) is 58.7 Å². The zero-order valence-corrected chi connectivity index (χ0v) is 14.0. The van der Waals surface area contributed by atoms with Gasteiger partial charge in [-0.05, 0) is 30.2 Å². The maximum Gasteiger partial charge on any atom is 0.239 e. The number of aromatic nitrogens is 1. The van der Waals surface area contributed by atoms with Crippen LogP contribution in [0.15, 0.2) is 42.6 Å². The minimum Gasteiger partial charge on any atom is -0.351 e. The van der Waals surface area contributed by atoms with E-state index in [4.69, 9.17) is 16.9 Å². The summed E-state index contributed by atoms with van der Waals surface area (Å²) in [7, 11) is 1.80. The number of amides is 1. The number of rotatable bonds is 5. The molecule has 122 valence electrons. The van der Waals surface area contributed by atoms with E-state index in [0.29, 0.717) is 17.3 Å². The Balaban J connectivity index is 1.53. The summed E-state index contributed by atoms with van der Waals surface area (Å²) in [4.78, 5) is 18.1. The number of hydrogen-bond acceptors (Lipinski definition) is 4. The molecule has 0 radical (unpaired) electrons. The fourth-order valence-corrected chi connectivity index (χ4v) is 2.98. The smallest absolute Gasteiger partial charge is 0.239 e. The van der Waals surface area contributed by atoms with E-state index in [9.17, 15) is 4.79 Å². The van der Waals surface area contributed by atoms with Gasteiger partial charge in [0.05, 0.1) is 12.1 Å². The molecule has 1 aliphatic carbocycles. The molecule has 1 saturated carbocycles. The second-order valence-corrected chi connectivity index (χ2v) is 6.32. The molecule has 0 bridgehead atoms. The summed E-state index contributed by atoms with van der Waals surface area (Å²) in [5.74, 6) is 0.895. The molecule has 1 heterocycles. The Kier molecular flexibility index (Phi) is 4.68. The minimum absolute atomic E-state index is 0.0526. The van der Waals surface area contributed by atoms with E-state index in [0.717, 1.165) is 17.0 Å². The molecule has 5 nitrogen and oxygen atoms in total. The van der Waals surface area contributed by atoms with E-state index in [-0.39, 0.29) is 18.5 Å². The molecule has 0 saturated heterocycles. The summed E-state index contributed by atoms with van der Waals surface area (Å²) in [5.41, 5.74) is 1.59. The number of pyridine rings is 1. The Labute approximate surface area is 145 Å². The van der Waals surface area contributed by atoms with Crippen molar-refractivity contribution in [2.45, 2.75) is 18.4 Å². The summed E-state index contributed by atoms with van der Waals surface area (Å²) in [6, 6.07) is 13.3. The number of hydrogen-bond donors (Lipinski definition) is 1. The number of nitrogens with one attached hydrogen (secondary N) is 1. The number of likely N-dealkylation sites (N-methyl/N-ethyl adjacent to an activating group) is 1. The van der Waals surface area contributed by atoms with Crippen molar-refractivity contribution in [3.63, 3.8) is 0 Å². The molecular weight excluding hydrogens is 324 g/mol. The molecule has 0 unspecified atom stereocenters. The van der Waals surface area contributed by atoms with Crippen molar-refractivity contribution in [2.75, 3.05) is 18.5 Å². The van der Waals surface area contributed by atoms with Gasteiger partial charge in [-0.1, -0.05) is 29.8 Å². The Bertz CT molecular complexity index is 784. The second-order valence-electron chi connectivity index (χ2n) is 5.91. The first-order valence-electron chi connectivity index (χ1n) is 7.69. The number of nitriles is 1. The van der Waals surface area contributed by atoms with Gasteiger partial charge in [0.15, 0.2) is 0 Å². The highest BCUT2D eigenvalue weighted by molar-refractivity contribution is 6.31. The molecule has 1 fully saturated rings. The Morgan fingerprint density at radius 1 is 1.42 bits per heavy atom. The predicted molar refractivity (Wildman–Crippen MR) is 93.0 cm³/mol. The lowest BCUT2D eigenvalue weighted by Crippen LogP contribution is -2.37. The van der Waals surface area contributed by atoms with Crippen LogP contribution in [0.1, 0.15) is 23.5 Å². The third-order valence-corrected chi connectivity index (χ3v) is 4.43. The highest BCUT2D eigenvalue weighted by Gasteiger charge is 2.40. The van der Waals surface area contributed by atoms with Crippen molar-refractivity contribution < 1.29 is 4.79 Å². The molecule has 0 aliphatic heterocycles. The normalized spacial score (nSPS) is 18.5. The Morgan fingerprint density at radius 3 is 2.88 bits per heavy atom. The van der Waals surface area contributed by atoms with Crippen LogP contribution in [0.2, 0.25) is 5.02 Å². The van der Waals surface area contributed by atoms with Crippen molar-refractivity contribution in [2.24, 2.45) is 0 Å². The number of anilines is 1. The number of carbonyl (C=O) groups is 1. The maximum atomic E-state index is 12.2. The topological polar surface area (TPSA) is 69.0 Å². The number of nitrogens with zero attached hydrogens (tertiary/aromatic N) is 3. The number of benzene rings is 1. The molecule has 1 aliphatic rings. The van der Waals surface area contributed by atoms with Crippen LogP contribution >= 0.6 is 11.6 Å². The van der Waals surface area contributed by atoms with Crippen LogP contribution in [0.5, 0.6) is 0 Å². The molecule has 1 aromatic carbocycles. The lowest BCUT2D eigenvalue weighted by Gasteiger charge is -2.17. The van der Waals surface area contributed by atoms with Gasteiger partial charge in [0, 0.05) is 30.2 Å². The summed E-state index contributed by atoms with van der Waals surface area (Å²) < 4.78 is 0. The third-order valence-electron chi connectivity index (χ3n) is 4.09. The SMILES string of the molecule is CN(CC(=O)N[C@H]1C[C@@H]1c1ccccc1Cl)c1ccc(C#N)cn1. The van der Waals surface area contributed by atoms with Gasteiger partial charge in [-0.25, -0.2) is 4.98 Å². The lowest BCUT2D eigenvalue weighted by molar-refractivity contribution is -0.119.